The van der Waals surface area contributed by atoms with Crippen molar-refractivity contribution in [2.45, 2.75) is 77.3 Å². The fourth-order valence-corrected chi connectivity index (χ4v) is 11.7. The van der Waals surface area contributed by atoms with E-state index in [-0.39, 0.29) is 103 Å². The van der Waals surface area contributed by atoms with Crippen molar-refractivity contribution in [1.29, 1.82) is 0 Å². The van der Waals surface area contributed by atoms with E-state index >= 15 is 0 Å². The number of aromatic nitrogens is 6. The van der Waals surface area contributed by atoms with E-state index in [0.29, 0.717) is 40.6 Å². The van der Waals surface area contributed by atoms with Crippen LogP contribution < -0.4 is 18.9 Å². The molecule has 518 valence electrons. The summed E-state index contributed by atoms with van der Waals surface area (Å²) in [6.45, 7) is 0. The molecule has 35 heteroatoms. The van der Waals surface area contributed by atoms with Gasteiger partial charge in [-0.05, 0) is 109 Å². The second-order valence-corrected chi connectivity index (χ2v) is 22.5. The molecule has 0 radical (unpaired) electrons. The van der Waals surface area contributed by atoms with Gasteiger partial charge < -0.3 is 10.6 Å². The van der Waals surface area contributed by atoms with Gasteiger partial charge in [0.25, 0.3) is 11.8 Å². The van der Waals surface area contributed by atoms with Crippen molar-refractivity contribution in [3.63, 3.8) is 0 Å². The van der Waals surface area contributed by atoms with Crippen LogP contribution in [0.3, 0.4) is 0 Å². The molecular weight excluding hydrogens is 1350 g/mol. The first kappa shape index (κ1) is 89.3. The summed E-state index contributed by atoms with van der Waals surface area (Å²) in [4.78, 5) is 57.7. The van der Waals surface area contributed by atoms with E-state index in [1.165, 1.54) is 75.5 Å². The van der Waals surface area contributed by atoms with Gasteiger partial charge in [0, 0.05) is 53.6 Å². The Bertz CT molecular complexity index is 4340. The molecule has 96 heavy (non-hydrogen) atoms. The molecule has 0 spiro atoms. The molecule has 19 nitrogen and oxygen atoms in total. The Hall–Kier alpha value is -8.75. The Labute approximate surface area is 562 Å². The molecule has 9 aromatic rings. The zero-order valence-corrected chi connectivity index (χ0v) is 49.1. The number of hydrogen-bond donors (Lipinski definition) is 1. The van der Waals surface area contributed by atoms with Crippen molar-refractivity contribution in [3.05, 3.63) is 231 Å². The molecule has 0 saturated heterocycles. The summed E-state index contributed by atoms with van der Waals surface area (Å²) in [5, 5.41) is 9.64. The predicted molar refractivity (Wildman–Crippen MR) is 328 cm³/mol. The number of thioether (sulfide) groups is 1. The number of carboxylic acids is 1. The summed E-state index contributed by atoms with van der Waals surface area (Å²) in [7, 11) is -4.08. The van der Waals surface area contributed by atoms with Gasteiger partial charge in [-0.25, -0.2) is 99.4 Å². The van der Waals surface area contributed by atoms with Crippen LogP contribution in [0, 0.1) is 69.8 Å². The van der Waals surface area contributed by atoms with E-state index in [2.05, 4.69) is 15.0 Å². The van der Waals surface area contributed by atoms with E-state index in [9.17, 15) is 89.0 Å². The quantitative estimate of drug-likeness (QED) is 0.0293. The van der Waals surface area contributed by atoms with Gasteiger partial charge in [-0.15, -0.1) is 0 Å². The fraction of sp³-hybridized carbons (Fsp3) is 0.213. The van der Waals surface area contributed by atoms with Crippen molar-refractivity contribution in [2.24, 2.45) is 0 Å². The molecule has 3 aromatic heterocycles. The fourth-order valence-electron chi connectivity index (χ4n) is 7.76. The van der Waals surface area contributed by atoms with Crippen molar-refractivity contribution < 1.29 is 123 Å². The van der Waals surface area contributed by atoms with Crippen molar-refractivity contribution in [1.82, 2.24) is 38.8 Å². The molecule has 0 aliphatic carbocycles. The second kappa shape index (κ2) is 37.5. The van der Waals surface area contributed by atoms with Crippen LogP contribution in [0.2, 0.25) is 0 Å². The summed E-state index contributed by atoms with van der Waals surface area (Å²) in [5.74, 6) is -19.6. The van der Waals surface area contributed by atoms with Crippen LogP contribution in [0.15, 0.2) is 143 Å². The molecule has 0 bridgehead atoms. The third kappa shape index (κ3) is 19.9. The molecule has 0 atom stereocenters. The SMILES string of the molecule is C.C.C.C.C.C.CON(C)C(=O)c1cnc(S(=O)(=O)Cc2c(F)ccc(F)c2F)n1-c1ccc(F)cc1.CON(C)C(=O)c1cnc(SCc2c(F)ccc(F)c2F)n1-c1ccc(F)cc1.O=C(O)c1cnc(S(=O)(=O)Cc2c(F)ccc(F)c2F)n1-c1ccc(F)cc1.[Li+].[OH-]. The number of halogens is 12. The summed E-state index contributed by atoms with van der Waals surface area (Å²) >= 11 is 0.894. The topological polar surface area (TPSA) is 248 Å². The van der Waals surface area contributed by atoms with Gasteiger partial charge in [-0.3, -0.25) is 33.0 Å². The van der Waals surface area contributed by atoms with Crippen LogP contribution in [0.1, 0.15) is 92.7 Å². The molecule has 0 saturated carbocycles. The van der Waals surface area contributed by atoms with Crippen LogP contribution in [0.5, 0.6) is 0 Å². The summed E-state index contributed by atoms with van der Waals surface area (Å²) in [6, 6.07) is 17.5. The number of imidazole rings is 3. The van der Waals surface area contributed by atoms with Crippen LogP contribution in [-0.2, 0) is 46.6 Å². The number of amides is 2. The first-order chi connectivity index (χ1) is 41.5. The van der Waals surface area contributed by atoms with Gasteiger partial charge >= 0.3 is 24.8 Å². The Kier molecular flexibility index (Phi) is 34.9. The molecule has 9 rings (SSSR count). The normalized spacial score (nSPS) is 10.4. The number of carbonyl (C=O) groups is 3. The summed E-state index contributed by atoms with van der Waals surface area (Å²) in [6.07, 6.45) is 2.92. The van der Waals surface area contributed by atoms with E-state index in [1.54, 1.807) is 0 Å². The third-order valence-electron chi connectivity index (χ3n) is 12.2. The monoisotopic (exact) mass is 1420 g/mol. The Morgan fingerprint density at radius 3 is 1.07 bits per heavy atom. The smallest absolute Gasteiger partial charge is 0.870 e. The average Bonchev–Trinajstić information content (AvgIpc) is 1.61. The number of rotatable bonds is 17. The molecule has 0 aliphatic heterocycles. The van der Waals surface area contributed by atoms with Crippen molar-refractivity contribution in [3.8, 4) is 17.1 Å². The molecule has 0 aliphatic rings. The number of nitrogens with zero attached hydrogens (tertiary/aromatic N) is 8. The maximum Gasteiger partial charge on any atom is 1.00 e. The van der Waals surface area contributed by atoms with Crippen LogP contribution in [0.25, 0.3) is 17.1 Å². The van der Waals surface area contributed by atoms with Gasteiger partial charge in [0.05, 0.1) is 44.3 Å². The van der Waals surface area contributed by atoms with Gasteiger partial charge in [-0.1, -0.05) is 56.3 Å². The van der Waals surface area contributed by atoms with Crippen molar-refractivity contribution >= 4 is 49.2 Å². The Morgan fingerprint density at radius 2 is 0.729 bits per heavy atom. The van der Waals surface area contributed by atoms with Gasteiger partial charge in [-0.2, -0.15) is 0 Å². The number of aromatic carboxylic acids is 1. The molecule has 2 N–H and O–H groups in total. The molecule has 0 unspecified atom stereocenters. The zero-order valence-electron chi connectivity index (χ0n) is 46.7. The molecule has 3 heterocycles. The van der Waals surface area contributed by atoms with E-state index in [0.717, 1.165) is 81.3 Å². The summed E-state index contributed by atoms with van der Waals surface area (Å²) in [5.41, 5.74) is -2.92. The largest absolute Gasteiger partial charge is 1.00 e. The standard InChI is InChI=1S/C19H15F4N3O4S.C19H15F4N3O2S.C17H10F4N2O4S.6CH4.Li.H2O/c1-25(30-2)18(27)16-9-24-19(26(16)12-5-3-11(20)4-6-12)31(28,29)10-13-14(21)7-8-15(22)17(13)23;1-25(28-2)18(27)16-9-24-19(26(16)12-5-3-11(20)4-6-12)29-10-13-14(21)7-8-15(22)17(13)23;18-9-1-3-10(4-2-9)23-14(16(24)25)7-22-17(23)28(26,27)8-11-12(19)5-6-13(20)15(11)21;;;;;;;;/h3-9H,10H2,1-2H3;3-9H,10H2,1-2H3;1-7H,8H2,(H,24,25);6*1H4;;1H2/q;;;;;;;;;+1;/p-1. The number of hydrogen-bond acceptors (Lipinski definition) is 14. The van der Waals surface area contributed by atoms with E-state index in [1.807, 2.05) is 0 Å². The molecule has 2 amide bonds. The molecule has 0 fully saturated rings. The second-order valence-electron chi connectivity index (χ2n) is 17.8. The minimum absolute atomic E-state index is 0. The number of carbonyl (C=O) groups excluding carboxylic acids is 2. The minimum atomic E-state index is -4.63. The van der Waals surface area contributed by atoms with E-state index in [4.69, 9.17) is 9.68 Å². The van der Waals surface area contributed by atoms with Gasteiger partial charge in [0.2, 0.25) is 30.0 Å². The maximum absolute atomic E-state index is 14.0. The van der Waals surface area contributed by atoms with Gasteiger partial charge in [0.1, 0.15) is 46.3 Å². The number of sulfone groups is 2. The van der Waals surface area contributed by atoms with Crippen LogP contribution >= 0.6 is 11.8 Å². The number of carboxylic acid groups (broad SMARTS) is 1. The molecular formula is C61H65F12LiN8O11S3. The Morgan fingerprint density at radius 1 is 0.448 bits per heavy atom. The first-order valence-corrected chi connectivity index (χ1v) is 28.6. The summed E-state index contributed by atoms with van der Waals surface area (Å²) < 4.78 is 218. The molecule has 6 aromatic carbocycles. The van der Waals surface area contributed by atoms with Crippen LogP contribution in [-0.4, -0.2) is 112 Å². The van der Waals surface area contributed by atoms with E-state index < -0.39 is 151 Å². The average molecular weight is 1420 g/mol. The number of hydroxylamine groups is 4. The van der Waals surface area contributed by atoms with Crippen LogP contribution in [0.4, 0.5) is 52.7 Å². The third-order valence-corrected chi connectivity index (χ3v) is 16.2. The number of benzene rings is 6. The first-order valence-electron chi connectivity index (χ1n) is 24.4. The van der Waals surface area contributed by atoms with Crippen molar-refractivity contribution in [2.75, 3.05) is 28.3 Å². The zero-order chi connectivity index (χ0) is 64.7. The maximum atomic E-state index is 14.0. The minimum Gasteiger partial charge on any atom is -0.870 e. The predicted octanol–water partition coefficient (Wildman–Crippen LogP) is 11.1. The van der Waals surface area contributed by atoms with Gasteiger partial charge in [0.15, 0.2) is 45.8 Å². The Balaban J connectivity index is 0.